The maximum atomic E-state index is 3.82. The third kappa shape index (κ3) is 2.43. The van der Waals surface area contributed by atoms with E-state index in [1.165, 1.54) is 38.8 Å². The van der Waals surface area contributed by atoms with Gasteiger partial charge < -0.3 is 5.32 Å². The van der Waals surface area contributed by atoms with Crippen molar-refractivity contribution in [1.29, 1.82) is 0 Å². The van der Waals surface area contributed by atoms with Crippen molar-refractivity contribution in [1.82, 2.24) is 10.2 Å². The summed E-state index contributed by atoms with van der Waals surface area (Å²) in [6, 6.07) is 1.47. The van der Waals surface area contributed by atoms with E-state index in [1.54, 1.807) is 0 Å². The highest BCUT2D eigenvalue weighted by molar-refractivity contribution is 5.02. The van der Waals surface area contributed by atoms with Gasteiger partial charge in [-0.05, 0) is 58.9 Å². The Morgan fingerprint density at radius 3 is 2.62 bits per heavy atom. The molecule has 2 aliphatic rings. The molecule has 1 N–H and O–H groups in total. The van der Waals surface area contributed by atoms with E-state index in [1.807, 2.05) is 0 Å². The van der Waals surface area contributed by atoms with Crippen LogP contribution < -0.4 is 5.32 Å². The van der Waals surface area contributed by atoms with Gasteiger partial charge in [0, 0.05) is 24.2 Å². The van der Waals surface area contributed by atoms with Gasteiger partial charge in [0.05, 0.1) is 0 Å². The fourth-order valence-electron chi connectivity index (χ4n) is 3.14. The van der Waals surface area contributed by atoms with E-state index < -0.39 is 0 Å². The van der Waals surface area contributed by atoms with E-state index in [-0.39, 0.29) is 0 Å². The SMILES string of the molecule is CCC(C)N1CC(C)(C2CC2)NCCC1C. The molecule has 3 atom stereocenters. The van der Waals surface area contributed by atoms with E-state index in [2.05, 4.69) is 37.9 Å². The van der Waals surface area contributed by atoms with E-state index in [9.17, 15) is 0 Å². The first kappa shape index (κ1) is 12.4. The molecule has 1 saturated heterocycles. The predicted octanol–water partition coefficient (Wildman–Crippen LogP) is 2.64. The number of rotatable bonds is 3. The van der Waals surface area contributed by atoms with Crippen LogP contribution in [0.4, 0.5) is 0 Å². The molecule has 1 saturated carbocycles. The summed E-state index contributed by atoms with van der Waals surface area (Å²) < 4.78 is 0. The van der Waals surface area contributed by atoms with Gasteiger partial charge in [-0.15, -0.1) is 0 Å². The Bertz CT molecular complexity index is 237. The maximum Gasteiger partial charge on any atom is 0.0308 e. The summed E-state index contributed by atoms with van der Waals surface area (Å²) in [6.45, 7) is 12.0. The molecule has 94 valence electrons. The first-order chi connectivity index (χ1) is 7.57. The second-order valence-electron chi connectivity index (χ2n) is 6.19. The molecule has 1 heterocycles. The lowest BCUT2D eigenvalue weighted by Gasteiger charge is -2.39. The Balaban J connectivity index is 2.08. The van der Waals surface area contributed by atoms with Crippen LogP contribution >= 0.6 is 0 Å². The highest BCUT2D eigenvalue weighted by Crippen LogP contribution is 2.41. The maximum absolute atomic E-state index is 3.82. The van der Waals surface area contributed by atoms with Crippen molar-refractivity contribution >= 4 is 0 Å². The first-order valence-electron chi connectivity index (χ1n) is 7.07. The highest BCUT2D eigenvalue weighted by Gasteiger charge is 2.44. The largest absolute Gasteiger partial charge is 0.310 e. The van der Waals surface area contributed by atoms with Crippen LogP contribution in [-0.2, 0) is 0 Å². The van der Waals surface area contributed by atoms with E-state index >= 15 is 0 Å². The summed E-state index contributed by atoms with van der Waals surface area (Å²) in [5, 5.41) is 3.82. The fourth-order valence-corrected chi connectivity index (χ4v) is 3.14. The molecule has 1 aliphatic carbocycles. The molecule has 0 amide bonds. The Morgan fingerprint density at radius 2 is 2.06 bits per heavy atom. The molecular weight excluding hydrogens is 196 g/mol. The minimum Gasteiger partial charge on any atom is -0.310 e. The molecule has 2 heteroatoms. The number of nitrogens with zero attached hydrogens (tertiary/aromatic N) is 1. The minimum absolute atomic E-state index is 0.383. The third-order valence-corrected chi connectivity index (χ3v) is 4.80. The Kier molecular flexibility index (Phi) is 3.60. The van der Waals surface area contributed by atoms with Gasteiger partial charge in [0.1, 0.15) is 0 Å². The smallest absolute Gasteiger partial charge is 0.0308 e. The summed E-state index contributed by atoms with van der Waals surface area (Å²) in [4.78, 5) is 2.73. The van der Waals surface area contributed by atoms with Crippen LogP contribution in [0.25, 0.3) is 0 Å². The number of hydrogen-bond acceptors (Lipinski definition) is 2. The highest BCUT2D eigenvalue weighted by atomic mass is 15.2. The van der Waals surface area contributed by atoms with Crippen molar-refractivity contribution < 1.29 is 0 Å². The summed E-state index contributed by atoms with van der Waals surface area (Å²) in [7, 11) is 0. The molecule has 1 aliphatic heterocycles. The van der Waals surface area contributed by atoms with Gasteiger partial charge in [0.25, 0.3) is 0 Å². The van der Waals surface area contributed by atoms with Gasteiger partial charge >= 0.3 is 0 Å². The number of hydrogen-bond donors (Lipinski definition) is 1. The van der Waals surface area contributed by atoms with Crippen LogP contribution in [0.15, 0.2) is 0 Å². The number of nitrogens with one attached hydrogen (secondary N) is 1. The molecular formula is C14H28N2. The molecule has 0 bridgehead atoms. The molecule has 16 heavy (non-hydrogen) atoms. The van der Waals surface area contributed by atoms with E-state index in [0.717, 1.165) is 18.0 Å². The second-order valence-corrected chi connectivity index (χ2v) is 6.19. The molecule has 3 unspecified atom stereocenters. The van der Waals surface area contributed by atoms with Crippen molar-refractivity contribution in [2.75, 3.05) is 13.1 Å². The lowest BCUT2D eigenvalue weighted by atomic mass is 9.94. The van der Waals surface area contributed by atoms with Crippen LogP contribution in [0.1, 0.15) is 53.4 Å². The van der Waals surface area contributed by atoms with Crippen molar-refractivity contribution in [2.24, 2.45) is 5.92 Å². The monoisotopic (exact) mass is 224 g/mol. The minimum atomic E-state index is 0.383. The molecule has 0 aromatic rings. The Labute approximate surface area is 101 Å². The van der Waals surface area contributed by atoms with Crippen LogP contribution in [0.2, 0.25) is 0 Å². The van der Waals surface area contributed by atoms with Crippen molar-refractivity contribution in [3.63, 3.8) is 0 Å². The van der Waals surface area contributed by atoms with Crippen molar-refractivity contribution in [3.05, 3.63) is 0 Å². The first-order valence-corrected chi connectivity index (χ1v) is 7.07. The summed E-state index contributed by atoms with van der Waals surface area (Å²) in [6.07, 6.45) is 5.44. The van der Waals surface area contributed by atoms with Crippen LogP contribution in [-0.4, -0.2) is 35.6 Å². The Hall–Kier alpha value is -0.0800. The predicted molar refractivity (Wildman–Crippen MR) is 69.7 cm³/mol. The van der Waals surface area contributed by atoms with Crippen molar-refractivity contribution in [3.8, 4) is 0 Å². The quantitative estimate of drug-likeness (QED) is 0.793. The normalized spacial score (nSPS) is 39.4. The van der Waals surface area contributed by atoms with Gasteiger partial charge in [-0.1, -0.05) is 6.92 Å². The van der Waals surface area contributed by atoms with E-state index in [0.29, 0.717) is 5.54 Å². The molecule has 0 spiro atoms. The van der Waals surface area contributed by atoms with Crippen molar-refractivity contribution in [2.45, 2.75) is 71.0 Å². The molecule has 2 rings (SSSR count). The van der Waals surface area contributed by atoms with Gasteiger partial charge in [0.2, 0.25) is 0 Å². The van der Waals surface area contributed by atoms with Crippen LogP contribution in [0.5, 0.6) is 0 Å². The molecule has 0 aromatic heterocycles. The lowest BCUT2D eigenvalue weighted by molar-refractivity contribution is 0.116. The second kappa shape index (κ2) is 4.66. The zero-order valence-electron chi connectivity index (χ0n) is 11.4. The van der Waals surface area contributed by atoms with Gasteiger partial charge in [-0.25, -0.2) is 0 Å². The summed E-state index contributed by atoms with van der Waals surface area (Å²) >= 11 is 0. The average Bonchev–Trinajstić information content (AvgIpc) is 3.07. The average molecular weight is 224 g/mol. The zero-order valence-corrected chi connectivity index (χ0v) is 11.4. The van der Waals surface area contributed by atoms with Gasteiger partial charge in [0.15, 0.2) is 0 Å². The lowest BCUT2D eigenvalue weighted by Crippen LogP contribution is -2.53. The van der Waals surface area contributed by atoms with Gasteiger partial charge in [-0.3, -0.25) is 4.90 Å². The fraction of sp³-hybridized carbons (Fsp3) is 1.00. The molecule has 0 radical (unpaired) electrons. The summed E-state index contributed by atoms with van der Waals surface area (Å²) in [5.41, 5.74) is 0.383. The standard InChI is InChI=1S/C14H28N2/c1-5-11(2)16-10-14(4,13-6-7-13)15-9-8-12(16)3/h11-13,15H,5-10H2,1-4H3. The zero-order chi connectivity index (χ0) is 11.8. The van der Waals surface area contributed by atoms with Gasteiger partial charge in [-0.2, -0.15) is 0 Å². The third-order valence-electron chi connectivity index (χ3n) is 4.80. The topological polar surface area (TPSA) is 15.3 Å². The summed E-state index contributed by atoms with van der Waals surface area (Å²) in [5.74, 6) is 0.935. The molecule has 2 fully saturated rings. The molecule has 2 nitrogen and oxygen atoms in total. The molecule has 0 aromatic carbocycles. The van der Waals surface area contributed by atoms with E-state index in [4.69, 9.17) is 0 Å². The van der Waals surface area contributed by atoms with Crippen LogP contribution in [0.3, 0.4) is 0 Å². The van der Waals surface area contributed by atoms with Crippen LogP contribution in [0, 0.1) is 5.92 Å². The Morgan fingerprint density at radius 1 is 1.38 bits per heavy atom.